The molecule has 0 bridgehead atoms. The van der Waals surface area contributed by atoms with Gasteiger partial charge < -0.3 is 24.7 Å². The maximum Gasteiger partial charge on any atom is 0.284 e. The van der Waals surface area contributed by atoms with Crippen LogP contribution in [0.1, 0.15) is 42.3 Å². The first-order chi connectivity index (χ1) is 15.2. The van der Waals surface area contributed by atoms with Gasteiger partial charge >= 0.3 is 0 Å². The van der Waals surface area contributed by atoms with Gasteiger partial charge in [-0.15, -0.1) is 0 Å². The van der Waals surface area contributed by atoms with Crippen molar-refractivity contribution >= 4 is 22.6 Å². The summed E-state index contributed by atoms with van der Waals surface area (Å²) >= 11 is 0. The number of hydrogen-bond donors (Lipinski definition) is 1. The third-order valence-corrected chi connectivity index (χ3v) is 6.09. The monoisotopic (exact) mass is 422 g/mol. The number of morpholine rings is 1. The van der Waals surface area contributed by atoms with Gasteiger partial charge in [-0.1, -0.05) is 0 Å². The van der Waals surface area contributed by atoms with Crippen molar-refractivity contribution in [3.8, 4) is 5.88 Å². The van der Waals surface area contributed by atoms with Gasteiger partial charge in [-0.2, -0.15) is 4.98 Å². The number of rotatable bonds is 5. The summed E-state index contributed by atoms with van der Waals surface area (Å²) in [7, 11) is 0. The fourth-order valence-electron chi connectivity index (χ4n) is 4.47. The molecule has 1 saturated carbocycles. The maximum atomic E-state index is 11.6. The summed E-state index contributed by atoms with van der Waals surface area (Å²) in [6.07, 6.45) is 8.83. The van der Waals surface area contributed by atoms with E-state index in [4.69, 9.17) is 20.2 Å². The van der Waals surface area contributed by atoms with Crippen LogP contribution in [0.5, 0.6) is 5.88 Å². The molecule has 0 unspecified atom stereocenters. The Balaban J connectivity index is 1.33. The molecule has 1 aliphatic carbocycles. The van der Waals surface area contributed by atoms with Gasteiger partial charge in [0.25, 0.3) is 5.91 Å². The van der Waals surface area contributed by atoms with Crippen LogP contribution in [0.15, 0.2) is 36.8 Å². The molecular weight excluding hydrogens is 396 g/mol. The SMILES string of the molecule is NC(=O)c1nccn1C1CCC(Oc2nc(N3CCOCC3)cc3ncccc23)CC1. The van der Waals surface area contributed by atoms with Crippen LogP contribution in [0.2, 0.25) is 0 Å². The summed E-state index contributed by atoms with van der Waals surface area (Å²) in [6, 6.07) is 6.14. The standard InChI is InChI=1S/C22H26N6O3/c23-20(29)21-25-8-9-28(21)15-3-5-16(6-4-15)31-22-17-2-1-7-24-18(17)14-19(26-22)27-10-12-30-13-11-27/h1-2,7-9,14-16H,3-6,10-13H2,(H2,23,29). The van der Waals surface area contributed by atoms with Crippen molar-refractivity contribution in [2.24, 2.45) is 5.73 Å². The van der Waals surface area contributed by atoms with Crippen LogP contribution in [-0.4, -0.2) is 57.8 Å². The Kier molecular flexibility index (Phi) is 5.42. The number of hydrogen-bond acceptors (Lipinski definition) is 7. The van der Waals surface area contributed by atoms with E-state index in [1.165, 1.54) is 0 Å². The average molecular weight is 422 g/mol. The molecule has 162 valence electrons. The van der Waals surface area contributed by atoms with E-state index >= 15 is 0 Å². The highest BCUT2D eigenvalue weighted by atomic mass is 16.5. The normalized spacial score (nSPS) is 21.9. The number of anilines is 1. The third-order valence-electron chi connectivity index (χ3n) is 6.09. The number of nitrogens with zero attached hydrogens (tertiary/aromatic N) is 5. The Morgan fingerprint density at radius 3 is 2.71 bits per heavy atom. The Labute approximate surface area is 180 Å². The Hall–Kier alpha value is -3.20. The topological polar surface area (TPSA) is 108 Å². The lowest BCUT2D eigenvalue weighted by Gasteiger charge is -2.31. The first-order valence-corrected chi connectivity index (χ1v) is 10.8. The van der Waals surface area contributed by atoms with Crippen LogP contribution in [0, 0.1) is 0 Å². The van der Waals surface area contributed by atoms with Crippen molar-refractivity contribution in [2.75, 3.05) is 31.2 Å². The van der Waals surface area contributed by atoms with Crippen molar-refractivity contribution in [3.63, 3.8) is 0 Å². The van der Waals surface area contributed by atoms with Crippen LogP contribution in [0.25, 0.3) is 10.9 Å². The van der Waals surface area contributed by atoms with Crippen molar-refractivity contribution in [1.29, 1.82) is 0 Å². The lowest BCUT2D eigenvalue weighted by Crippen LogP contribution is -2.36. The van der Waals surface area contributed by atoms with Gasteiger partial charge in [0.1, 0.15) is 11.9 Å². The first kappa shape index (κ1) is 19.7. The summed E-state index contributed by atoms with van der Waals surface area (Å²) < 4.78 is 13.8. The minimum Gasteiger partial charge on any atom is -0.474 e. The highest BCUT2D eigenvalue weighted by Crippen LogP contribution is 2.34. The largest absolute Gasteiger partial charge is 0.474 e. The van der Waals surface area contributed by atoms with Crippen LogP contribution in [-0.2, 0) is 4.74 Å². The maximum absolute atomic E-state index is 11.6. The van der Waals surface area contributed by atoms with E-state index in [1.54, 1.807) is 12.4 Å². The molecule has 4 heterocycles. The number of carbonyl (C=O) groups excluding carboxylic acids is 1. The number of pyridine rings is 2. The molecule has 0 spiro atoms. The number of primary amides is 1. The highest BCUT2D eigenvalue weighted by Gasteiger charge is 2.27. The molecule has 9 heteroatoms. The van der Waals surface area contributed by atoms with Gasteiger partial charge in [0.05, 0.1) is 24.1 Å². The predicted molar refractivity (Wildman–Crippen MR) is 115 cm³/mol. The molecule has 9 nitrogen and oxygen atoms in total. The number of carbonyl (C=O) groups is 1. The van der Waals surface area contributed by atoms with Gasteiger partial charge in [0, 0.05) is 43.8 Å². The molecule has 2 fully saturated rings. The lowest BCUT2D eigenvalue weighted by atomic mass is 9.92. The van der Waals surface area contributed by atoms with Gasteiger partial charge in [0.15, 0.2) is 5.82 Å². The molecule has 0 radical (unpaired) electrons. The average Bonchev–Trinajstić information content (AvgIpc) is 3.30. The summed E-state index contributed by atoms with van der Waals surface area (Å²) in [6.45, 7) is 3.01. The number of fused-ring (bicyclic) bond motifs is 1. The van der Waals surface area contributed by atoms with E-state index in [2.05, 4.69) is 14.9 Å². The van der Waals surface area contributed by atoms with Crippen LogP contribution in [0.3, 0.4) is 0 Å². The Morgan fingerprint density at radius 2 is 1.94 bits per heavy atom. The first-order valence-electron chi connectivity index (χ1n) is 10.8. The molecule has 2 N–H and O–H groups in total. The minimum atomic E-state index is -0.494. The summed E-state index contributed by atoms with van der Waals surface area (Å²) in [4.78, 5) is 27.3. The second kappa shape index (κ2) is 8.50. The zero-order valence-corrected chi connectivity index (χ0v) is 17.3. The Morgan fingerprint density at radius 1 is 1.13 bits per heavy atom. The molecule has 5 rings (SSSR count). The zero-order chi connectivity index (χ0) is 21.2. The zero-order valence-electron chi connectivity index (χ0n) is 17.3. The van der Waals surface area contributed by atoms with E-state index in [1.807, 2.05) is 29.0 Å². The van der Waals surface area contributed by atoms with E-state index < -0.39 is 5.91 Å². The second-order valence-electron chi connectivity index (χ2n) is 8.03. The van der Waals surface area contributed by atoms with Crippen molar-refractivity contribution in [1.82, 2.24) is 19.5 Å². The molecule has 2 aliphatic rings. The van der Waals surface area contributed by atoms with Crippen LogP contribution >= 0.6 is 0 Å². The number of ether oxygens (including phenoxy) is 2. The van der Waals surface area contributed by atoms with Crippen molar-refractivity contribution < 1.29 is 14.3 Å². The van der Waals surface area contributed by atoms with E-state index in [0.717, 1.165) is 55.5 Å². The number of amides is 1. The number of imidazole rings is 1. The van der Waals surface area contributed by atoms with Crippen molar-refractivity contribution in [3.05, 3.63) is 42.6 Å². The predicted octanol–water partition coefficient (Wildman–Crippen LogP) is 2.32. The summed E-state index contributed by atoms with van der Waals surface area (Å²) in [5, 5.41) is 0.923. The molecule has 3 aromatic rings. The van der Waals surface area contributed by atoms with E-state index in [0.29, 0.717) is 24.9 Å². The molecule has 3 aromatic heterocycles. The molecule has 31 heavy (non-hydrogen) atoms. The van der Waals surface area contributed by atoms with Crippen LogP contribution in [0.4, 0.5) is 5.82 Å². The fourth-order valence-corrected chi connectivity index (χ4v) is 4.47. The fraction of sp³-hybridized carbons (Fsp3) is 0.455. The molecule has 0 aromatic carbocycles. The van der Waals surface area contributed by atoms with Crippen LogP contribution < -0.4 is 15.4 Å². The summed E-state index contributed by atoms with van der Waals surface area (Å²) in [5.74, 6) is 1.34. The molecule has 0 atom stereocenters. The van der Waals surface area contributed by atoms with E-state index in [-0.39, 0.29) is 12.1 Å². The van der Waals surface area contributed by atoms with Gasteiger partial charge in [-0.3, -0.25) is 9.78 Å². The quantitative estimate of drug-likeness (QED) is 0.672. The lowest BCUT2D eigenvalue weighted by molar-refractivity contribution is 0.0974. The van der Waals surface area contributed by atoms with Gasteiger partial charge in [0.2, 0.25) is 5.88 Å². The third kappa shape index (κ3) is 4.05. The summed E-state index contributed by atoms with van der Waals surface area (Å²) in [5.41, 5.74) is 6.33. The van der Waals surface area contributed by atoms with Gasteiger partial charge in [-0.05, 0) is 37.8 Å². The van der Waals surface area contributed by atoms with Crippen molar-refractivity contribution in [2.45, 2.75) is 37.8 Å². The minimum absolute atomic E-state index is 0.0626. The molecule has 1 amide bonds. The second-order valence-corrected chi connectivity index (χ2v) is 8.03. The van der Waals surface area contributed by atoms with Gasteiger partial charge in [-0.25, -0.2) is 4.98 Å². The highest BCUT2D eigenvalue weighted by molar-refractivity contribution is 5.89. The number of aromatic nitrogens is 4. The number of nitrogens with two attached hydrogens (primary N) is 1. The Bertz CT molecular complexity index is 1070. The smallest absolute Gasteiger partial charge is 0.284 e. The molecular formula is C22H26N6O3. The molecule has 1 aliphatic heterocycles. The van der Waals surface area contributed by atoms with E-state index in [9.17, 15) is 4.79 Å². The molecule has 1 saturated heterocycles.